The monoisotopic (exact) mass is 361 g/mol. The molecule has 0 fully saturated rings. The molecule has 0 unspecified atom stereocenters. The van der Waals surface area contributed by atoms with E-state index in [0.717, 1.165) is 16.5 Å². The zero-order valence-corrected chi connectivity index (χ0v) is 13.3. The molecule has 3 atom stereocenters. The summed E-state index contributed by atoms with van der Waals surface area (Å²) in [6.45, 7) is 0. The first-order valence-corrected chi connectivity index (χ1v) is 8.11. The van der Waals surface area contributed by atoms with E-state index < -0.39 is 0 Å². The maximum absolute atomic E-state index is 14.4. The molecule has 0 bridgehead atoms. The Hall–Kier alpha value is -1.68. The molecule has 4 heteroatoms. The van der Waals surface area contributed by atoms with Crippen LogP contribution in [0.5, 0.6) is 0 Å². The number of benzene rings is 2. The highest BCUT2D eigenvalue weighted by Gasteiger charge is 2.39. The second-order valence-corrected chi connectivity index (χ2v) is 6.76. The molecule has 0 spiro atoms. The average molecular weight is 362 g/mol. The molecule has 2 aromatic carbocycles. The van der Waals surface area contributed by atoms with Gasteiger partial charge >= 0.3 is 0 Å². The molecule has 1 N–H and O–H groups in total. The normalized spacial score (nSPS) is 25.5. The van der Waals surface area contributed by atoms with Gasteiger partial charge in [0.2, 0.25) is 0 Å². The van der Waals surface area contributed by atoms with Crippen LogP contribution in [0.4, 0.5) is 14.5 Å². The van der Waals surface area contributed by atoms with Crippen molar-refractivity contribution in [2.24, 2.45) is 5.92 Å². The molecule has 1 aliphatic heterocycles. The van der Waals surface area contributed by atoms with Gasteiger partial charge in [-0.15, -0.1) is 0 Å². The molecule has 22 heavy (non-hydrogen) atoms. The average Bonchev–Trinajstić information content (AvgIpc) is 2.97. The minimum atomic E-state index is -0.301. The molecule has 2 aromatic rings. The van der Waals surface area contributed by atoms with Crippen molar-refractivity contribution in [3.63, 3.8) is 0 Å². The fourth-order valence-corrected chi connectivity index (χ4v) is 4.10. The molecule has 0 amide bonds. The summed E-state index contributed by atoms with van der Waals surface area (Å²) in [4.78, 5) is 0. The van der Waals surface area contributed by atoms with Crippen LogP contribution in [-0.4, -0.2) is 0 Å². The quantitative estimate of drug-likeness (QED) is 0.656. The molecular weight excluding hydrogens is 348 g/mol. The fraction of sp³-hybridized carbons (Fsp3) is 0.222. The van der Waals surface area contributed by atoms with Crippen LogP contribution in [0.3, 0.4) is 0 Å². The van der Waals surface area contributed by atoms with Crippen LogP contribution < -0.4 is 5.32 Å². The second-order valence-electron chi connectivity index (χ2n) is 5.85. The molecule has 0 saturated carbocycles. The van der Waals surface area contributed by atoms with Gasteiger partial charge in [0.25, 0.3) is 0 Å². The van der Waals surface area contributed by atoms with Crippen LogP contribution >= 0.6 is 15.9 Å². The molecule has 1 heterocycles. The van der Waals surface area contributed by atoms with Gasteiger partial charge in [-0.3, -0.25) is 0 Å². The summed E-state index contributed by atoms with van der Waals surface area (Å²) < 4.78 is 29.3. The minimum Gasteiger partial charge on any atom is -0.375 e. The van der Waals surface area contributed by atoms with Crippen molar-refractivity contribution < 1.29 is 8.78 Å². The lowest BCUT2D eigenvalue weighted by Crippen LogP contribution is -2.30. The van der Waals surface area contributed by atoms with Gasteiger partial charge in [0.1, 0.15) is 11.6 Å². The van der Waals surface area contributed by atoms with Gasteiger partial charge in [-0.2, -0.15) is 0 Å². The van der Waals surface area contributed by atoms with Crippen molar-refractivity contribution in [2.45, 2.75) is 18.4 Å². The van der Waals surface area contributed by atoms with E-state index in [1.165, 1.54) is 12.1 Å². The maximum atomic E-state index is 14.4. The van der Waals surface area contributed by atoms with Gasteiger partial charge < -0.3 is 5.32 Å². The standard InChI is InChI=1S/C18H14BrF2N/c19-10-8-14-11-5-3-6-12(11)17(22-18(14)16(21)9-10)13-4-1-2-7-15(13)20/h1-5,7-9,11-12,17,22H,6H2/t11-,12-,17+/m0/s1. The van der Waals surface area contributed by atoms with Gasteiger partial charge in [0.15, 0.2) is 0 Å². The second kappa shape index (κ2) is 5.20. The number of halogens is 3. The third kappa shape index (κ3) is 2.09. The number of hydrogen-bond donors (Lipinski definition) is 1. The summed E-state index contributed by atoms with van der Waals surface area (Å²) in [5, 5.41) is 3.25. The van der Waals surface area contributed by atoms with E-state index in [9.17, 15) is 8.78 Å². The van der Waals surface area contributed by atoms with Gasteiger partial charge in [-0.25, -0.2) is 8.78 Å². The summed E-state index contributed by atoms with van der Waals surface area (Å²) in [5.41, 5.74) is 2.04. The zero-order chi connectivity index (χ0) is 15.3. The zero-order valence-electron chi connectivity index (χ0n) is 11.7. The van der Waals surface area contributed by atoms with Crippen LogP contribution in [0, 0.1) is 17.6 Å². The molecular formula is C18H14BrF2N. The van der Waals surface area contributed by atoms with Crippen LogP contribution in [0.15, 0.2) is 53.0 Å². The smallest absolute Gasteiger partial charge is 0.147 e. The predicted molar refractivity (Wildman–Crippen MR) is 86.9 cm³/mol. The highest BCUT2D eigenvalue weighted by Crippen LogP contribution is 2.51. The van der Waals surface area contributed by atoms with Crippen molar-refractivity contribution in [2.75, 3.05) is 5.32 Å². The summed E-state index contributed by atoms with van der Waals surface area (Å²) >= 11 is 3.36. The van der Waals surface area contributed by atoms with E-state index in [1.807, 2.05) is 12.1 Å². The Morgan fingerprint density at radius 3 is 2.68 bits per heavy atom. The van der Waals surface area contributed by atoms with Crippen molar-refractivity contribution in [3.8, 4) is 0 Å². The number of allylic oxidation sites excluding steroid dienone is 2. The number of nitrogens with one attached hydrogen (secondary N) is 1. The highest BCUT2D eigenvalue weighted by molar-refractivity contribution is 9.10. The number of hydrogen-bond acceptors (Lipinski definition) is 1. The van der Waals surface area contributed by atoms with E-state index in [2.05, 4.69) is 33.4 Å². The number of rotatable bonds is 1. The first-order valence-electron chi connectivity index (χ1n) is 7.31. The lowest BCUT2D eigenvalue weighted by molar-refractivity contribution is 0.409. The van der Waals surface area contributed by atoms with Gasteiger partial charge in [0, 0.05) is 16.0 Å². The van der Waals surface area contributed by atoms with E-state index in [0.29, 0.717) is 11.3 Å². The fourth-order valence-electron chi connectivity index (χ4n) is 3.66. The SMILES string of the molecule is Fc1ccccc1[C@@H]1Nc2c(F)cc(Br)cc2[C@H]2C=CC[C@@H]21. The lowest BCUT2D eigenvalue weighted by atomic mass is 9.77. The summed E-state index contributed by atoms with van der Waals surface area (Å²) in [5.74, 6) is -0.220. The minimum absolute atomic E-state index is 0.118. The largest absolute Gasteiger partial charge is 0.375 e. The van der Waals surface area contributed by atoms with Crippen molar-refractivity contribution in [3.05, 3.63) is 75.8 Å². The van der Waals surface area contributed by atoms with Crippen LogP contribution in [-0.2, 0) is 0 Å². The van der Waals surface area contributed by atoms with E-state index in [1.54, 1.807) is 12.1 Å². The topological polar surface area (TPSA) is 12.0 Å². The van der Waals surface area contributed by atoms with E-state index >= 15 is 0 Å². The third-order valence-electron chi connectivity index (χ3n) is 4.63. The Labute approximate surface area is 136 Å². The Morgan fingerprint density at radius 2 is 1.86 bits per heavy atom. The van der Waals surface area contributed by atoms with E-state index in [4.69, 9.17) is 0 Å². The first kappa shape index (κ1) is 13.9. The van der Waals surface area contributed by atoms with Crippen LogP contribution in [0.1, 0.15) is 29.5 Å². The summed E-state index contributed by atoms with van der Waals surface area (Å²) in [7, 11) is 0. The molecule has 0 aromatic heterocycles. The third-order valence-corrected chi connectivity index (χ3v) is 5.08. The molecule has 112 valence electrons. The molecule has 0 saturated heterocycles. The Bertz CT molecular complexity index is 772. The van der Waals surface area contributed by atoms with Gasteiger partial charge in [-0.05, 0) is 36.1 Å². The molecule has 1 nitrogen and oxygen atoms in total. The lowest BCUT2D eigenvalue weighted by Gasteiger charge is -2.37. The van der Waals surface area contributed by atoms with Crippen LogP contribution in [0.2, 0.25) is 0 Å². The number of anilines is 1. The van der Waals surface area contributed by atoms with E-state index in [-0.39, 0.29) is 29.5 Å². The number of fused-ring (bicyclic) bond motifs is 3. The maximum Gasteiger partial charge on any atom is 0.147 e. The summed E-state index contributed by atoms with van der Waals surface area (Å²) in [6, 6.07) is 9.93. The van der Waals surface area contributed by atoms with Crippen LogP contribution in [0.25, 0.3) is 0 Å². The van der Waals surface area contributed by atoms with Gasteiger partial charge in [0.05, 0.1) is 11.7 Å². The highest BCUT2D eigenvalue weighted by atomic mass is 79.9. The predicted octanol–water partition coefficient (Wildman–Crippen LogP) is 5.55. The molecule has 0 radical (unpaired) electrons. The molecule has 2 aliphatic rings. The van der Waals surface area contributed by atoms with Gasteiger partial charge in [-0.1, -0.05) is 46.3 Å². The van der Waals surface area contributed by atoms with Crippen molar-refractivity contribution in [1.29, 1.82) is 0 Å². The Balaban J connectivity index is 1.86. The molecule has 1 aliphatic carbocycles. The Kier molecular flexibility index (Phi) is 3.30. The first-order chi connectivity index (χ1) is 10.6. The molecule has 4 rings (SSSR count). The van der Waals surface area contributed by atoms with Crippen molar-refractivity contribution >= 4 is 21.6 Å². The Morgan fingerprint density at radius 1 is 1.05 bits per heavy atom. The summed E-state index contributed by atoms with van der Waals surface area (Å²) in [6.07, 6.45) is 5.09. The van der Waals surface area contributed by atoms with Crippen molar-refractivity contribution in [1.82, 2.24) is 0 Å².